The molecule has 2 N–H and O–H groups in total. The van der Waals surface area contributed by atoms with E-state index < -0.39 is 0 Å². The molecule has 128 valence electrons. The van der Waals surface area contributed by atoms with E-state index in [0.717, 1.165) is 48.1 Å². The zero-order valence-electron chi connectivity index (χ0n) is 14.5. The molecule has 1 aliphatic rings. The van der Waals surface area contributed by atoms with Crippen LogP contribution in [0.15, 0.2) is 36.4 Å². The smallest absolute Gasteiger partial charge is 0.251 e. The van der Waals surface area contributed by atoms with E-state index in [9.17, 15) is 4.79 Å². The van der Waals surface area contributed by atoms with Crippen LogP contribution in [0.3, 0.4) is 0 Å². The number of nitrogens with zero attached hydrogens (tertiary/aromatic N) is 1. The van der Waals surface area contributed by atoms with Crippen molar-refractivity contribution in [1.82, 2.24) is 10.2 Å². The molecule has 0 aromatic heterocycles. The van der Waals surface area contributed by atoms with Crippen LogP contribution in [0.25, 0.3) is 10.8 Å². The van der Waals surface area contributed by atoms with Gasteiger partial charge in [0.1, 0.15) is 0 Å². The van der Waals surface area contributed by atoms with Gasteiger partial charge in [-0.3, -0.25) is 4.79 Å². The van der Waals surface area contributed by atoms with Crippen LogP contribution in [-0.2, 0) is 0 Å². The molecule has 1 aliphatic heterocycles. The van der Waals surface area contributed by atoms with Gasteiger partial charge in [-0.2, -0.15) is 0 Å². The van der Waals surface area contributed by atoms with Crippen molar-refractivity contribution in [3.05, 3.63) is 42.0 Å². The lowest BCUT2D eigenvalue weighted by atomic mass is 10.1. The Balaban J connectivity index is 1.60. The molecule has 2 aromatic rings. The number of fused-ring (bicyclic) bond motifs is 1. The van der Waals surface area contributed by atoms with Gasteiger partial charge in [-0.05, 0) is 67.4 Å². The average molecular weight is 325 g/mol. The first-order chi connectivity index (χ1) is 11.8. The fourth-order valence-corrected chi connectivity index (χ4v) is 3.20. The van der Waals surface area contributed by atoms with E-state index in [0.29, 0.717) is 0 Å². The molecule has 24 heavy (non-hydrogen) atoms. The normalized spacial score (nSPS) is 14.9. The van der Waals surface area contributed by atoms with Crippen LogP contribution in [0.2, 0.25) is 0 Å². The molecular weight excluding hydrogens is 298 g/mol. The third kappa shape index (κ3) is 4.26. The lowest BCUT2D eigenvalue weighted by Crippen LogP contribution is -2.33. The van der Waals surface area contributed by atoms with Crippen molar-refractivity contribution in [1.29, 1.82) is 0 Å². The number of benzene rings is 2. The molecule has 4 heteroatoms. The van der Waals surface area contributed by atoms with Crippen molar-refractivity contribution in [3.63, 3.8) is 0 Å². The first kappa shape index (κ1) is 16.8. The van der Waals surface area contributed by atoms with Crippen LogP contribution in [0.5, 0.6) is 0 Å². The summed E-state index contributed by atoms with van der Waals surface area (Å²) < 4.78 is 0. The first-order valence-corrected chi connectivity index (χ1v) is 9.04. The topological polar surface area (TPSA) is 44.4 Å². The van der Waals surface area contributed by atoms with Crippen molar-refractivity contribution >= 4 is 22.4 Å². The Kier molecular flexibility index (Phi) is 5.70. The molecule has 1 saturated heterocycles. The summed E-state index contributed by atoms with van der Waals surface area (Å²) in [5.74, 6) is 0.0179. The number of hydrogen-bond acceptors (Lipinski definition) is 3. The highest BCUT2D eigenvalue weighted by Crippen LogP contribution is 2.20. The molecule has 0 saturated carbocycles. The van der Waals surface area contributed by atoms with E-state index in [1.165, 1.54) is 25.9 Å². The molecule has 3 rings (SSSR count). The molecule has 1 amide bonds. The number of hydrogen-bond donors (Lipinski definition) is 2. The Hall–Kier alpha value is -2.07. The second-order valence-electron chi connectivity index (χ2n) is 6.51. The lowest BCUT2D eigenvalue weighted by molar-refractivity contribution is 0.0950. The number of likely N-dealkylation sites (tertiary alicyclic amines) is 1. The number of carbonyl (C=O) groups excluding carboxylic acids is 1. The van der Waals surface area contributed by atoms with E-state index in [1.807, 2.05) is 18.2 Å². The second kappa shape index (κ2) is 8.15. The summed E-state index contributed by atoms with van der Waals surface area (Å²) in [7, 11) is 0. The van der Waals surface area contributed by atoms with E-state index in [2.05, 4.69) is 40.7 Å². The first-order valence-electron chi connectivity index (χ1n) is 9.04. The van der Waals surface area contributed by atoms with Crippen LogP contribution >= 0.6 is 0 Å². The third-order valence-corrected chi connectivity index (χ3v) is 4.59. The predicted molar refractivity (Wildman–Crippen MR) is 101 cm³/mol. The van der Waals surface area contributed by atoms with Gasteiger partial charge in [-0.1, -0.05) is 19.1 Å². The number of anilines is 1. The summed E-state index contributed by atoms with van der Waals surface area (Å²) in [5, 5.41) is 8.69. The number of amides is 1. The number of nitrogens with one attached hydrogen (secondary N) is 2. The largest absolute Gasteiger partial charge is 0.385 e. The lowest BCUT2D eigenvalue weighted by Gasteiger charge is -2.14. The number of carbonyl (C=O) groups is 1. The molecular formula is C20H27N3O. The Morgan fingerprint density at radius 2 is 1.79 bits per heavy atom. The van der Waals surface area contributed by atoms with Gasteiger partial charge in [0, 0.05) is 30.9 Å². The molecule has 0 radical (unpaired) electrons. The van der Waals surface area contributed by atoms with Crippen LogP contribution in [0, 0.1) is 0 Å². The van der Waals surface area contributed by atoms with Crippen LogP contribution in [0.1, 0.15) is 36.5 Å². The van der Waals surface area contributed by atoms with E-state index in [1.54, 1.807) is 0 Å². The monoisotopic (exact) mass is 325 g/mol. The highest BCUT2D eigenvalue weighted by molar-refractivity contribution is 5.99. The van der Waals surface area contributed by atoms with Crippen molar-refractivity contribution in [2.24, 2.45) is 0 Å². The second-order valence-corrected chi connectivity index (χ2v) is 6.51. The minimum absolute atomic E-state index is 0.0179. The summed E-state index contributed by atoms with van der Waals surface area (Å²) in [6.45, 7) is 7.13. The fraction of sp³-hybridized carbons (Fsp3) is 0.450. The molecule has 4 nitrogen and oxygen atoms in total. The Morgan fingerprint density at radius 3 is 2.58 bits per heavy atom. The van der Waals surface area contributed by atoms with Crippen LogP contribution in [-0.4, -0.2) is 43.5 Å². The van der Waals surface area contributed by atoms with Gasteiger partial charge < -0.3 is 15.5 Å². The van der Waals surface area contributed by atoms with Crippen LogP contribution in [0.4, 0.5) is 5.69 Å². The summed E-state index contributed by atoms with van der Waals surface area (Å²) in [6, 6.07) is 12.2. The summed E-state index contributed by atoms with van der Waals surface area (Å²) in [4.78, 5) is 14.7. The van der Waals surface area contributed by atoms with Gasteiger partial charge in [-0.25, -0.2) is 0 Å². The predicted octanol–water partition coefficient (Wildman–Crippen LogP) is 3.49. The van der Waals surface area contributed by atoms with Crippen LogP contribution < -0.4 is 10.6 Å². The molecule has 0 atom stereocenters. The van der Waals surface area contributed by atoms with Crippen molar-refractivity contribution in [2.75, 3.05) is 38.0 Å². The molecule has 0 aliphatic carbocycles. The maximum atomic E-state index is 12.3. The van der Waals surface area contributed by atoms with Gasteiger partial charge in [-0.15, -0.1) is 0 Å². The summed E-state index contributed by atoms with van der Waals surface area (Å²) in [5.41, 5.74) is 1.87. The van der Waals surface area contributed by atoms with E-state index >= 15 is 0 Å². The van der Waals surface area contributed by atoms with Crippen molar-refractivity contribution < 1.29 is 4.79 Å². The molecule has 2 aromatic carbocycles. The summed E-state index contributed by atoms with van der Waals surface area (Å²) >= 11 is 0. The molecule has 0 bridgehead atoms. The highest BCUT2D eigenvalue weighted by atomic mass is 16.1. The van der Waals surface area contributed by atoms with Crippen molar-refractivity contribution in [3.8, 4) is 0 Å². The SMILES string of the molecule is CCCNc1ccc2cc(C(=O)NCCN3CCCC3)ccc2c1. The Labute approximate surface area is 144 Å². The molecule has 0 spiro atoms. The van der Waals surface area contributed by atoms with Gasteiger partial charge in [0.15, 0.2) is 0 Å². The Bertz CT molecular complexity index is 692. The van der Waals surface area contributed by atoms with Gasteiger partial charge in [0.05, 0.1) is 0 Å². The zero-order valence-corrected chi connectivity index (χ0v) is 14.5. The quantitative estimate of drug-likeness (QED) is 0.819. The van der Waals surface area contributed by atoms with Gasteiger partial charge >= 0.3 is 0 Å². The average Bonchev–Trinajstić information content (AvgIpc) is 3.12. The fourth-order valence-electron chi connectivity index (χ4n) is 3.20. The standard InChI is InChI=1S/C20H27N3O/c1-2-9-21-19-8-7-16-14-18(6-5-17(16)15-19)20(24)22-10-13-23-11-3-4-12-23/h5-8,14-15,21H,2-4,9-13H2,1H3,(H,22,24). The minimum Gasteiger partial charge on any atom is -0.385 e. The maximum Gasteiger partial charge on any atom is 0.251 e. The third-order valence-electron chi connectivity index (χ3n) is 4.59. The highest BCUT2D eigenvalue weighted by Gasteiger charge is 2.12. The van der Waals surface area contributed by atoms with Gasteiger partial charge in [0.2, 0.25) is 0 Å². The molecule has 1 heterocycles. The van der Waals surface area contributed by atoms with Gasteiger partial charge in [0.25, 0.3) is 5.91 Å². The summed E-state index contributed by atoms with van der Waals surface area (Å²) in [6.07, 6.45) is 3.68. The zero-order chi connectivity index (χ0) is 16.8. The van der Waals surface area contributed by atoms with E-state index in [4.69, 9.17) is 0 Å². The minimum atomic E-state index is 0.0179. The van der Waals surface area contributed by atoms with Crippen molar-refractivity contribution in [2.45, 2.75) is 26.2 Å². The molecule has 0 unspecified atom stereocenters. The maximum absolute atomic E-state index is 12.3. The Morgan fingerprint density at radius 1 is 1.04 bits per heavy atom. The molecule has 1 fully saturated rings. The number of rotatable bonds is 7. The van der Waals surface area contributed by atoms with E-state index in [-0.39, 0.29) is 5.91 Å².